The Morgan fingerprint density at radius 2 is 1.96 bits per heavy atom. The van der Waals surface area contributed by atoms with Crippen molar-refractivity contribution < 1.29 is 19.1 Å². The Balaban J connectivity index is 1.69. The topological polar surface area (TPSA) is 67.9 Å². The molecule has 2 aromatic carbocycles. The standard InChI is InChI=1S/C21H24N2O4/c1-4-27-17-8-6-16(7-9-17)22-21(25)15-12-20(24)23(13-15)18-11-14(2)5-10-19(18)26-3/h5-11,15H,4,12-13H2,1-3H3,(H,22,25). The van der Waals surface area contributed by atoms with Crippen molar-refractivity contribution in [2.24, 2.45) is 5.92 Å². The summed E-state index contributed by atoms with van der Waals surface area (Å²) in [5.74, 6) is 0.729. The van der Waals surface area contributed by atoms with E-state index in [9.17, 15) is 9.59 Å². The fraction of sp³-hybridized carbons (Fsp3) is 0.333. The van der Waals surface area contributed by atoms with Crippen LogP contribution in [0.5, 0.6) is 11.5 Å². The molecule has 6 heteroatoms. The minimum absolute atomic E-state index is 0.0780. The number of rotatable bonds is 6. The van der Waals surface area contributed by atoms with Gasteiger partial charge >= 0.3 is 0 Å². The summed E-state index contributed by atoms with van der Waals surface area (Å²) in [5, 5.41) is 2.88. The predicted molar refractivity (Wildman–Crippen MR) is 104 cm³/mol. The van der Waals surface area contributed by atoms with E-state index in [2.05, 4.69) is 5.32 Å². The molecule has 1 N–H and O–H groups in total. The highest BCUT2D eigenvalue weighted by molar-refractivity contribution is 6.04. The molecule has 1 atom stereocenters. The molecule has 0 aromatic heterocycles. The second-order valence-corrected chi connectivity index (χ2v) is 6.53. The van der Waals surface area contributed by atoms with Crippen LogP contribution in [-0.4, -0.2) is 32.1 Å². The molecule has 142 valence electrons. The number of benzene rings is 2. The summed E-state index contributed by atoms with van der Waals surface area (Å²) < 4.78 is 10.8. The normalized spacial score (nSPS) is 16.3. The Morgan fingerprint density at radius 1 is 1.22 bits per heavy atom. The van der Waals surface area contributed by atoms with Gasteiger partial charge in [0.1, 0.15) is 11.5 Å². The van der Waals surface area contributed by atoms with Crippen LogP contribution in [-0.2, 0) is 9.59 Å². The van der Waals surface area contributed by atoms with Gasteiger partial charge in [0.15, 0.2) is 0 Å². The van der Waals surface area contributed by atoms with E-state index in [1.165, 1.54) is 0 Å². The first kappa shape index (κ1) is 18.8. The van der Waals surface area contributed by atoms with E-state index in [1.807, 2.05) is 44.2 Å². The number of ether oxygens (including phenoxy) is 2. The quantitative estimate of drug-likeness (QED) is 0.849. The lowest BCUT2D eigenvalue weighted by atomic mass is 10.1. The number of amides is 2. The summed E-state index contributed by atoms with van der Waals surface area (Å²) in [5.41, 5.74) is 2.42. The Labute approximate surface area is 159 Å². The zero-order valence-corrected chi connectivity index (χ0v) is 15.8. The van der Waals surface area contributed by atoms with Crippen LogP contribution in [0.25, 0.3) is 0 Å². The van der Waals surface area contributed by atoms with E-state index < -0.39 is 5.92 Å². The number of nitrogens with one attached hydrogen (secondary N) is 1. The molecule has 6 nitrogen and oxygen atoms in total. The maximum Gasteiger partial charge on any atom is 0.229 e. The third kappa shape index (κ3) is 4.22. The predicted octanol–water partition coefficient (Wildman–Crippen LogP) is 3.39. The van der Waals surface area contributed by atoms with Crippen molar-refractivity contribution in [2.75, 3.05) is 30.5 Å². The van der Waals surface area contributed by atoms with Crippen molar-refractivity contribution in [1.29, 1.82) is 0 Å². The fourth-order valence-corrected chi connectivity index (χ4v) is 3.17. The monoisotopic (exact) mass is 368 g/mol. The summed E-state index contributed by atoms with van der Waals surface area (Å²) >= 11 is 0. The highest BCUT2D eigenvalue weighted by atomic mass is 16.5. The second kappa shape index (κ2) is 8.12. The van der Waals surface area contributed by atoms with Gasteiger partial charge in [-0.15, -0.1) is 0 Å². The Bertz CT molecular complexity index is 833. The number of anilines is 2. The molecule has 1 heterocycles. The van der Waals surface area contributed by atoms with Crippen molar-refractivity contribution in [2.45, 2.75) is 20.3 Å². The number of hydrogen-bond acceptors (Lipinski definition) is 4. The van der Waals surface area contributed by atoms with Gasteiger partial charge < -0.3 is 19.7 Å². The number of nitrogens with zero attached hydrogens (tertiary/aromatic N) is 1. The van der Waals surface area contributed by atoms with Gasteiger partial charge in [-0.25, -0.2) is 0 Å². The number of carbonyl (C=O) groups excluding carboxylic acids is 2. The molecule has 0 saturated carbocycles. The van der Waals surface area contributed by atoms with Gasteiger partial charge in [-0.3, -0.25) is 9.59 Å². The van der Waals surface area contributed by atoms with E-state index in [0.29, 0.717) is 30.3 Å². The summed E-state index contributed by atoms with van der Waals surface area (Å²) in [6.07, 6.45) is 0.181. The van der Waals surface area contributed by atoms with E-state index in [0.717, 1.165) is 11.3 Å². The van der Waals surface area contributed by atoms with Crippen molar-refractivity contribution in [3.05, 3.63) is 48.0 Å². The van der Waals surface area contributed by atoms with Crippen LogP contribution in [0.4, 0.5) is 11.4 Å². The molecule has 1 saturated heterocycles. The summed E-state index contributed by atoms with van der Waals surface area (Å²) in [4.78, 5) is 26.8. The molecule has 1 unspecified atom stereocenters. The first-order chi connectivity index (χ1) is 13.0. The molecule has 2 amide bonds. The Kier molecular flexibility index (Phi) is 5.64. The zero-order valence-electron chi connectivity index (χ0n) is 15.8. The molecule has 1 aliphatic rings. The second-order valence-electron chi connectivity index (χ2n) is 6.53. The molecule has 0 spiro atoms. The van der Waals surface area contributed by atoms with Gasteiger partial charge in [-0.05, 0) is 55.8 Å². The van der Waals surface area contributed by atoms with Gasteiger partial charge in [0, 0.05) is 18.7 Å². The van der Waals surface area contributed by atoms with Crippen LogP contribution >= 0.6 is 0 Å². The SMILES string of the molecule is CCOc1ccc(NC(=O)C2CC(=O)N(c3cc(C)ccc3OC)C2)cc1. The Hall–Kier alpha value is -3.02. The average Bonchev–Trinajstić information content (AvgIpc) is 3.05. The lowest BCUT2D eigenvalue weighted by molar-refractivity contribution is -0.122. The largest absolute Gasteiger partial charge is 0.495 e. The van der Waals surface area contributed by atoms with Crippen molar-refractivity contribution in [3.63, 3.8) is 0 Å². The average molecular weight is 368 g/mol. The fourth-order valence-electron chi connectivity index (χ4n) is 3.17. The van der Waals surface area contributed by atoms with Crippen LogP contribution < -0.4 is 19.7 Å². The molecule has 0 bridgehead atoms. The zero-order chi connectivity index (χ0) is 19.4. The minimum Gasteiger partial charge on any atom is -0.495 e. The summed E-state index contributed by atoms with van der Waals surface area (Å²) in [6, 6.07) is 12.9. The van der Waals surface area contributed by atoms with Crippen molar-refractivity contribution in [3.8, 4) is 11.5 Å². The van der Waals surface area contributed by atoms with Crippen LogP contribution in [0.3, 0.4) is 0 Å². The lowest BCUT2D eigenvalue weighted by Crippen LogP contribution is -2.28. The highest BCUT2D eigenvalue weighted by Gasteiger charge is 2.36. The van der Waals surface area contributed by atoms with E-state index in [1.54, 1.807) is 24.1 Å². The van der Waals surface area contributed by atoms with Gasteiger partial charge in [0.05, 0.1) is 25.3 Å². The lowest BCUT2D eigenvalue weighted by Gasteiger charge is -2.20. The molecule has 2 aromatic rings. The van der Waals surface area contributed by atoms with Gasteiger partial charge in [-0.2, -0.15) is 0 Å². The third-order valence-corrected chi connectivity index (χ3v) is 4.55. The first-order valence-corrected chi connectivity index (χ1v) is 9.00. The van der Waals surface area contributed by atoms with Gasteiger partial charge in [0.2, 0.25) is 11.8 Å². The van der Waals surface area contributed by atoms with Crippen LogP contribution in [0.15, 0.2) is 42.5 Å². The summed E-state index contributed by atoms with van der Waals surface area (Å²) in [7, 11) is 1.57. The number of hydrogen-bond donors (Lipinski definition) is 1. The molecule has 3 rings (SSSR count). The Morgan fingerprint density at radius 3 is 2.63 bits per heavy atom. The van der Waals surface area contributed by atoms with Crippen molar-refractivity contribution >= 4 is 23.2 Å². The third-order valence-electron chi connectivity index (χ3n) is 4.55. The van der Waals surface area contributed by atoms with E-state index in [-0.39, 0.29) is 18.2 Å². The number of aryl methyl sites for hydroxylation is 1. The van der Waals surface area contributed by atoms with E-state index >= 15 is 0 Å². The minimum atomic E-state index is -0.408. The maximum atomic E-state index is 12.6. The number of carbonyl (C=O) groups is 2. The van der Waals surface area contributed by atoms with Crippen LogP contribution in [0, 0.1) is 12.8 Å². The molecule has 1 fully saturated rings. The molecule has 0 aliphatic carbocycles. The van der Waals surface area contributed by atoms with E-state index in [4.69, 9.17) is 9.47 Å². The summed E-state index contributed by atoms with van der Waals surface area (Å²) in [6.45, 7) is 4.80. The van der Waals surface area contributed by atoms with Crippen LogP contribution in [0.1, 0.15) is 18.9 Å². The molecular formula is C21H24N2O4. The smallest absolute Gasteiger partial charge is 0.229 e. The molecule has 0 radical (unpaired) electrons. The van der Waals surface area contributed by atoms with Crippen molar-refractivity contribution in [1.82, 2.24) is 0 Å². The molecule has 27 heavy (non-hydrogen) atoms. The van der Waals surface area contributed by atoms with Gasteiger partial charge in [0.25, 0.3) is 0 Å². The highest BCUT2D eigenvalue weighted by Crippen LogP contribution is 2.34. The number of methoxy groups -OCH3 is 1. The maximum absolute atomic E-state index is 12.6. The van der Waals surface area contributed by atoms with Crippen LogP contribution in [0.2, 0.25) is 0 Å². The molecule has 1 aliphatic heterocycles. The van der Waals surface area contributed by atoms with Gasteiger partial charge in [-0.1, -0.05) is 6.07 Å². The molecular weight excluding hydrogens is 344 g/mol. The first-order valence-electron chi connectivity index (χ1n) is 9.00.